The topological polar surface area (TPSA) is 80.5 Å². The van der Waals surface area contributed by atoms with Crippen LogP contribution < -0.4 is 15.4 Å². The molecular weight excluding hydrogens is 438 g/mol. The number of amides is 1. The number of ether oxygens (including phenoxy) is 1. The molecule has 0 aliphatic heterocycles. The van der Waals surface area contributed by atoms with Gasteiger partial charge < -0.3 is 10.1 Å². The summed E-state index contributed by atoms with van der Waals surface area (Å²) in [7, 11) is 0. The van der Waals surface area contributed by atoms with Crippen LogP contribution in [0.4, 0.5) is 5.69 Å². The number of halogens is 1. The van der Waals surface area contributed by atoms with Crippen LogP contribution in [0.2, 0.25) is 5.02 Å². The van der Waals surface area contributed by atoms with E-state index in [9.17, 15) is 4.79 Å². The summed E-state index contributed by atoms with van der Waals surface area (Å²) in [5, 5.41) is 11.2. The van der Waals surface area contributed by atoms with Crippen molar-refractivity contribution >= 4 is 29.2 Å². The lowest BCUT2D eigenvalue weighted by atomic mass is 10.1. The van der Waals surface area contributed by atoms with Crippen LogP contribution >= 0.6 is 11.6 Å². The number of aliphatic imine (C=N–C) groups is 1. The summed E-state index contributed by atoms with van der Waals surface area (Å²) >= 11 is 6.06. The highest BCUT2D eigenvalue weighted by molar-refractivity contribution is 6.31. The molecule has 7 nitrogen and oxygen atoms in total. The molecule has 0 spiro atoms. The van der Waals surface area contributed by atoms with Crippen molar-refractivity contribution < 1.29 is 9.53 Å². The molecule has 0 bridgehead atoms. The van der Waals surface area contributed by atoms with E-state index < -0.39 is 0 Å². The number of rotatable bonds is 8. The van der Waals surface area contributed by atoms with Gasteiger partial charge in [-0.15, -0.1) is 0 Å². The predicted molar refractivity (Wildman–Crippen MR) is 134 cm³/mol. The van der Waals surface area contributed by atoms with E-state index in [1.54, 1.807) is 24.3 Å². The molecule has 0 atom stereocenters. The van der Waals surface area contributed by atoms with Gasteiger partial charge in [-0.05, 0) is 70.0 Å². The fraction of sp³-hybridized carbons (Fsp3) is 0.320. The Kier molecular flexibility index (Phi) is 8.49. The molecule has 1 heterocycles. The van der Waals surface area contributed by atoms with Crippen LogP contribution in [0.25, 0.3) is 0 Å². The largest absolute Gasteiger partial charge is 0.492 e. The van der Waals surface area contributed by atoms with Gasteiger partial charge in [-0.2, -0.15) is 5.10 Å². The molecule has 0 saturated heterocycles. The first-order valence-electron chi connectivity index (χ1n) is 11.1. The normalized spacial score (nSPS) is 11.4. The monoisotopic (exact) mass is 467 g/mol. The minimum absolute atomic E-state index is 0.302. The van der Waals surface area contributed by atoms with E-state index in [1.165, 1.54) is 5.56 Å². The van der Waals surface area contributed by atoms with E-state index in [1.807, 2.05) is 42.8 Å². The molecule has 0 radical (unpaired) electrons. The van der Waals surface area contributed by atoms with Gasteiger partial charge in [-0.3, -0.25) is 19.8 Å². The summed E-state index contributed by atoms with van der Waals surface area (Å²) in [5.41, 5.74) is 4.49. The Bertz CT molecular complexity index is 1140. The van der Waals surface area contributed by atoms with Gasteiger partial charge in [-0.1, -0.05) is 29.8 Å². The summed E-state index contributed by atoms with van der Waals surface area (Å²) in [4.78, 5) is 17.5. The van der Waals surface area contributed by atoms with Gasteiger partial charge in [-0.25, -0.2) is 0 Å². The van der Waals surface area contributed by atoms with Crippen LogP contribution in [0, 0.1) is 13.8 Å². The zero-order valence-corrected chi connectivity index (χ0v) is 20.2. The number of carbonyl (C=O) groups is 1. The molecule has 1 aromatic heterocycles. The molecule has 2 aromatic carbocycles. The molecule has 0 saturated carbocycles. The number of para-hydroxylation sites is 2. The van der Waals surface area contributed by atoms with Gasteiger partial charge in [0.2, 0.25) is 5.96 Å². The van der Waals surface area contributed by atoms with Crippen molar-refractivity contribution in [2.24, 2.45) is 4.99 Å². The number of carbonyl (C=O) groups excluding carboxylic acids is 1. The smallest absolute Gasteiger partial charge is 0.258 e. The van der Waals surface area contributed by atoms with Crippen molar-refractivity contribution in [3.8, 4) is 5.75 Å². The second-order valence-corrected chi connectivity index (χ2v) is 7.90. The van der Waals surface area contributed by atoms with Crippen molar-refractivity contribution in [1.29, 1.82) is 0 Å². The van der Waals surface area contributed by atoms with E-state index >= 15 is 0 Å². The maximum Gasteiger partial charge on any atom is 0.258 e. The SMILES string of the molecule is CCOc1ccccc1NC(=NCCc1c(C)nn(CC)c1C)NC(=O)c1cccc(Cl)c1. The van der Waals surface area contributed by atoms with Gasteiger partial charge >= 0.3 is 0 Å². The third-order valence-corrected chi connectivity index (χ3v) is 5.46. The van der Waals surface area contributed by atoms with E-state index in [0.29, 0.717) is 41.9 Å². The van der Waals surface area contributed by atoms with Crippen molar-refractivity contribution in [2.45, 2.75) is 40.7 Å². The number of anilines is 1. The quantitative estimate of drug-likeness (QED) is 0.360. The lowest BCUT2D eigenvalue weighted by Crippen LogP contribution is -2.36. The first kappa shape index (κ1) is 24.3. The Balaban J connectivity index is 1.83. The molecule has 0 aliphatic carbocycles. The highest BCUT2D eigenvalue weighted by Crippen LogP contribution is 2.23. The van der Waals surface area contributed by atoms with Crippen LogP contribution in [-0.2, 0) is 13.0 Å². The highest BCUT2D eigenvalue weighted by Gasteiger charge is 2.13. The fourth-order valence-corrected chi connectivity index (χ4v) is 3.77. The number of hydrogen-bond donors (Lipinski definition) is 2. The second kappa shape index (κ2) is 11.5. The van der Waals surface area contributed by atoms with E-state index in [0.717, 1.165) is 23.6 Å². The number of nitrogens with zero attached hydrogens (tertiary/aromatic N) is 3. The second-order valence-electron chi connectivity index (χ2n) is 7.46. The van der Waals surface area contributed by atoms with Crippen LogP contribution in [0.1, 0.15) is 41.2 Å². The van der Waals surface area contributed by atoms with Crippen molar-refractivity contribution in [3.63, 3.8) is 0 Å². The first-order chi connectivity index (χ1) is 15.9. The lowest BCUT2D eigenvalue weighted by molar-refractivity contribution is 0.0977. The first-order valence-corrected chi connectivity index (χ1v) is 11.4. The molecule has 3 rings (SSSR count). The van der Waals surface area contributed by atoms with Crippen LogP contribution in [0.5, 0.6) is 5.75 Å². The third-order valence-electron chi connectivity index (χ3n) is 5.22. The van der Waals surface area contributed by atoms with E-state index in [4.69, 9.17) is 16.3 Å². The minimum atomic E-state index is -0.302. The number of benzene rings is 2. The molecule has 8 heteroatoms. The summed E-state index contributed by atoms with van der Waals surface area (Å²) < 4.78 is 7.70. The average Bonchev–Trinajstić information content (AvgIpc) is 3.08. The Hall–Kier alpha value is -3.32. The van der Waals surface area contributed by atoms with Gasteiger partial charge in [0.1, 0.15) is 5.75 Å². The van der Waals surface area contributed by atoms with Crippen molar-refractivity contribution in [1.82, 2.24) is 15.1 Å². The highest BCUT2D eigenvalue weighted by atomic mass is 35.5. The number of nitrogens with one attached hydrogen (secondary N) is 2. The summed E-state index contributed by atoms with van der Waals surface area (Å²) in [6, 6.07) is 14.3. The Labute approximate surface area is 199 Å². The summed E-state index contributed by atoms with van der Waals surface area (Å²) in [6.45, 7) is 9.91. The molecule has 33 heavy (non-hydrogen) atoms. The lowest BCUT2D eigenvalue weighted by Gasteiger charge is -2.15. The molecule has 174 valence electrons. The molecule has 3 aromatic rings. The fourth-order valence-electron chi connectivity index (χ4n) is 3.58. The molecule has 0 aliphatic rings. The standard InChI is InChI=1S/C25H30ClN5O2/c1-5-31-18(4)21(17(3)30-31)14-15-27-25(28-22-12-7-8-13-23(22)33-6-2)29-24(32)19-10-9-11-20(26)16-19/h7-13,16H,5-6,14-15H2,1-4H3,(H2,27,28,29,32). The number of aromatic nitrogens is 2. The Morgan fingerprint density at radius 2 is 1.94 bits per heavy atom. The van der Waals surface area contributed by atoms with Crippen LogP contribution in [0.15, 0.2) is 53.5 Å². The van der Waals surface area contributed by atoms with Crippen LogP contribution in [0.3, 0.4) is 0 Å². The molecule has 1 amide bonds. The van der Waals surface area contributed by atoms with Crippen molar-refractivity contribution in [2.75, 3.05) is 18.5 Å². The average molecular weight is 468 g/mol. The maximum absolute atomic E-state index is 12.9. The van der Waals surface area contributed by atoms with Crippen molar-refractivity contribution in [3.05, 3.63) is 76.1 Å². The molecule has 2 N–H and O–H groups in total. The van der Waals surface area contributed by atoms with Gasteiger partial charge in [0.25, 0.3) is 5.91 Å². The zero-order valence-electron chi connectivity index (χ0n) is 19.5. The number of hydrogen-bond acceptors (Lipinski definition) is 4. The van der Waals surface area contributed by atoms with Gasteiger partial charge in [0.15, 0.2) is 0 Å². The predicted octanol–water partition coefficient (Wildman–Crippen LogP) is 5.01. The Morgan fingerprint density at radius 3 is 2.64 bits per heavy atom. The summed E-state index contributed by atoms with van der Waals surface area (Å²) in [5.74, 6) is 0.717. The molecule has 0 unspecified atom stereocenters. The molecule has 0 fully saturated rings. The van der Waals surface area contributed by atoms with Gasteiger partial charge in [0.05, 0.1) is 18.0 Å². The number of guanidine groups is 1. The zero-order chi connectivity index (χ0) is 23.8. The maximum atomic E-state index is 12.9. The Morgan fingerprint density at radius 1 is 1.15 bits per heavy atom. The van der Waals surface area contributed by atoms with E-state index in [2.05, 4.69) is 34.6 Å². The van der Waals surface area contributed by atoms with Gasteiger partial charge in [0, 0.05) is 29.4 Å². The van der Waals surface area contributed by atoms with E-state index in [-0.39, 0.29) is 5.91 Å². The van der Waals surface area contributed by atoms with Crippen LogP contribution in [-0.4, -0.2) is 34.8 Å². The molecular formula is C25H30ClN5O2. The number of aryl methyl sites for hydroxylation is 2. The summed E-state index contributed by atoms with van der Waals surface area (Å²) in [6.07, 6.45) is 0.711. The minimum Gasteiger partial charge on any atom is -0.492 e. The third kappa shape index (κ3) is 6.35.